The highest BCUT2D eigenvalue weighted by Crippen LogP contribution is 2.15. The molecule has 0 saturated carbocycles. The summed E-state index contributed by atoms with van der Waals surface area (Å²) in [5, 5.41) is 12.8. The maximum Gasteiger partial charge on any atom is 0.322 e. The van der Waals surface area contributed by atoms with Gasteiger partial charge in [0.2, 0.25) is 0 Å². The highest BCUT2D eigenvalue weighted by atomic mass is 16.5. The van der Waals surface area contributed by atoms with Crippen molar-refractivity contribution in [3.05, 3.63) is 29.8 Å². The van der Waals surface area contributed by atoms with Gasteiger partial charge < -0.3 is 15.2 Å². The molecule has 1 atom stereocenters. The molecular formula is C22H37NO3. The van der Waals surface area contributed by atoms with Crippen LogP contribution in [0.1, 0.15) is 83.6 Å². The third-order valence-corrected chi connectivity index (χ3v) is 4.69. The molecule has 0 radical (unpaired) electrons. The summed E-state index contributed by atoms with van der Waals surface area (Å²) in [4.78, 5) is 12.0. The summed E-state index contributed by atoms with van der Waals surface area (Å²) < 4.78 is 5.33. The molecule has 0 aliphatic carbocycles. The van der Waals surface area contributed by atoms with Gasteiger partial charge in [-0.1, -0.05) is 82.9 Å². The molecule has 0 fully saturated rings. The summed E-state index contributed by atoms with van der Waals surface area (Å²) in [5.41, 5.74) is 0.779. The Hall–Kier alpha value is -1.55. The van der Waals surface area contributed by atoms with Gasteiger partial charge in [-0.05, 0) is 19.4 Å². The first-order valence-electron chi connectivity index (χ1n) is 10.3. The van der Waals surface area contributed by atoms with E-state index in [0.717, 1.165) is 18.4 Å². The van der Waals surface area contributed by atoms with Crippen LogP contribution in [0.25, 0.3) is 0 Å². The first-order valence-corrected chi connectivity index (χ1v) is 10.3. The Labute approximate surface area is 159 Å². The molecule has 0 heterocycles. The number of benzene rings is 1. The number of hydrogen-bond acceptors (Lipinski definition) is 4. The molecule has 0 spiro atoms. The highest BCUT2D eigenvalue weighted by molar-refractivity contribution is 5.75. The van der Waals surface area contributed by atoms with E-state index in [4.69, 9.17) is 4.74 Å². The van der Waals surface area contributed by atoms with Crippen molar-refractivity contribution >= 4 is 5.97 Å². The van der Waals surface area contributed by atoms with E-state index in [1.54, 1.807) is 19.1 Å². The predicted octanol–water partition coefficient (Wildman–Crippen LogP) is 5.33. The molecule has 0 unspecified atom stereocenters. The minimum atomic E-state index is -0.377. The molecule has 148 valence electrons. The molecule has 0 saturated heterocycles. The Kier molecular flexibility index (Phi) is 12.6. The van der Waals surface area contributed by atoms with E-state index < -0.39 is 0 Å². The summed E-state index contributed by atoms with van der Waals surface area (Å²) in [7, 11) is 0. The quantitative estimate of drug-likeness (QED) is 0.326. The molecule has 1 rings (SSSR count). The number of ether oxygens (including phenoxy) is 1. The van der Waals surface area contributed by atoms with Crippen molar-refractivity contribution in [2.75, 3.05) is 6.61 Å². The lowest BCUT2D eigenvalue weighted by atomic mass is 10.1. The Morgan fingerprint density at radius 1 is 1.00 bits per heavy atom. The van der Waals surface area contributed by atoms with Gasteiger partial charge in [0, 0.05) is 12.1 Å². The third kappa shape index (κ3) is 10.4. The molecule has 2 N–H and O–H groups in total. The van der Waals surface area contributed by atoms with E-state index in [2.05, 4.69) is 12.2 Å². The van der Waals surface area contributed by atoms with Crippen LogP contribution in [-0.2, 0) is 16.1 Å². The molecule has 1 aromatic rings. The van der Waals surface area contributed by atoms with Crippen molar-refractivity contribution in [1.29, 1.82) is 0 Å². The number of carbonyl (C=O) groups is 1. The summed E-state index contributed by atoms with van der Waals surface area (Å²) >= 11 is 0. The zero-order valence-electron chi connectivity index (χ0n) is 16.6. The van der Waals surface area contributed by atoms with Crippen LogP contribution in [0.2, 0.25) is 0 Å². The summed E-state index contributed by atoms with van der Waals surface area (Å²) in [6.07, 6.45) is 12.7. The summed E-state index contributed by atoms with van der Waals surface area (Å²) in [6, 6.07) is 6.75. The van der Waals surface area contributed by atoms with Crippen molar-refractivity contribution in [3.63, 3.8) is 0 Å². The van der Waals surface area contributed by atoms with Gasteiger partial charge in [0.15, 0.2) is 0 Å². The minimum Gasteiger partial charge on any atom is -0.508 e. The number of rotatable bonds is 15. The topological polar surface area (TPSA) is 58.6 Å². The minimum absolute atomic E-state index is 0.226. The monoisotopic (exact) mass is 363 g/mol. The van der Waals surface area contributed by atoms with Gasteiger partial charge in [-0.15, -0.1) is 0 Å². The Morgan fingerprint density at radius 3 is 2.19 bits per heavy atom. The normalized spacial score (nSPS) is 12.1. The van der Waals surface area contributed by atoms with Gasteiger partial charge in [-0.25, -0.2) is 0 Å². The predicted molar refractivity (Wildman–Crippen MR) is 107 cm³/mol. The van der Waals surface area contributed by atoms with Crippen molar-refractivity contribution in [2.45, 2.75) is 90.6 Å². The van der Waals surface area contributed by atoms with Crippen molar-refractivity contribution in [3.8, 4) is 5.75 Å². The van der Waals surface area contributed by atoms with Gasteiger partial charge >= 0.3 is 5.97 Å². The van der Waals surface area contributed by atoms with Crippen LogP contribution in [0, 0.1) is 0 Å². The number of esters is 1. The van der Waals surface area contributed by atoms with Crippen LogP contribution in [0.3, 0.4) is 0 Å². The fourth-order valence-electron chi connectivity index (χ4n) is 2.89. The molecule has 1 aromatic carbocycles. The number of nitrogens with one attached hydrogen (secondary N) is 1. The average molecular weight is 364 g/mol. The largest absolute Gasteiger partial charge is 0.508 e. The molecule has 0 bridgehead atoms. The van der Waals surface area contributed by atoms with E-state index in [-0.39, 0.29) is 17.8 Å². The first kappa shape index (κ1) is 22.5. The molecular weight excluding hydrogens is 326 g/mol. The number of carbonyl (C=O) groups excluding carboxylic acids is 1. The molecule has 0 amide bonds. The van der Waals surface area contributed by atoms with Crippen LogP contribution < -0.4 is 5.32 Å². The number of phenols is 1. The number of phenolic OH excluding ortho intramolecular Hbond substituents is 1. The molecule has 0 aliphatic rings. The molecule has 0 aliphatic heterocycles. The van der Waals surface area contributed by atoms with Crippen LogP contribution in [0.15, 0.2) is 24.3 Å². The smallest absolute Gasteiger partial charge is 0.322 e. The molecule has 0 aromatic heterocycles. The van der Waals surface area contributed by atoms with Crippen molar-refractivity contribution < 1.29 is 14.6 Å². The fraction of sp³-hybridized carbons (Fsp3) is 0.682. The third-order valence-electron chi connectivity index (χ3n) is 4.69. The SMILES string of the molecule is CCCCCCCCCCCCOC(=O)[C@@H](C)NCc1ccccc1O. The van der Waals surface area contributed by atoms with Crippen LogP contribution in [0.4, 0.5) is 0 Å². The second-order valence-corrected chi connectivity index (χ2v) is 7.08. The van der Waals surface area contributed by atoms with Gasteiger partial charge in [-0.3, -0.25) is 4.79 Å². The number of unbranched alkanes of at least 4 members (excludes halogenated alkanes) is 9. The lowest BCUT2D eigenvalue weighted by molar-refractivity contribution is -0.145. The Bertz CT molecular complexity index is 490. The molecule has 4 nitrogen and oxygen atoms in total. The Morgan fingerprint density at radius 2 is 1.58 bits per heavy atom. The van der Waals surface area contributed by atoms with E-state index in [1.807, 2.05) is 12.1 Å². The second kappa shape index (κ2) is 14.6. The fourth-order valence-corrected chi connectivity index (χ4v) is 2.89. The molecule has 26 heavy (non-hydrogen) atoms. The number of para-hydroxylation sites is 1. The van der Waals surface area contributed by atoms with Crippen LogP contribution in [-0.4, -0.2) is 23.7 Å². The van der Waals surface area contributed by atoms with Gasteiger partial charge in [0.1, 0.15) is 11.8 Å². The summed E-state index contributed by atoms with van der Waals surface area (Å²) in [5.74, 6) is 0.0160. The lowest BCUT2D eigenvalue weighted by Gasteiger charge is -2.14. The van der Waals surface area contributed by atoms with Crippen molar-refractivity contribution in [2.24, 2.45) is 0 Å². The number of hydrogen-bond donors (Lipinski definition) is 2. The highest BCUT2D eigenvalue weighted by Gasteiger charge is 2.14. The maximum atomic E-state index is 12.0. The average Bonchev–Trinajstić information content (AvgIpc) is 2.65. The van der Waals surface area contributed by atoms with E-state index in [1.165, 1.54) is 51.4 Å². The van der Waals surface area contributed by atoms with Gasteiger partial charge in [0.25, 0.3) is 0 Å². The second-order valence-electron chi connectivity index (χ2n) is 7.08. The maximum absolute atomic E-state index is 12.0. The first-order chi connectivity index (χ1) is 12.6. The van der Waals surface area contributed by atoms with Crippen LogP contribution >= 0.6 is 0 Å². The van der Waals surface area contributed by atoms with E-state index in [0.29, 0.717) is 13.2 Å². The van der Waals surface area contributed by atoms with E-state index in [9.17, 15) is 9.90 Å². The lowest BCUT2D eigenvalue weighted by Crippen LogP contribution is -2.35. The number of aromatic hydroxyl groups is 1. The van der Waals surface area contributed by atoms with Gasteiger partial charge in [0.05, 0.1) is 6.61 Å². The Balaban J connectivity index is 1.98. The van der Waals surface area contributed by atoms with Crippen LogP contribution in [0.5, 0.6) is 5.75 Å². The van der Waals surface area contributed by atoms with Gasteiger partial charge in [-0.2, -0.15) is 0 Å². The summed E-state index contributed by atoms with van der Waals surface area (Å²) in [6.45, 7) is 4.98. The zero-order valence-corrected chi connectivity index (χ0v) is 16.6. The zero-order chi connectivity index (χ0) is 19.0. The van der Waals surface area contributed by atoms with Crippen molar-refractivity contribution in [1.82, 2.24) is 5.32 Å². The standard InChI is InChI=1S/C22H37NO3/c1-3-4-5-6-7-8-9-10-11-14-17-26-22(25)19(2)23-18-20-15-12-13-16-21(20)24/h12-13,15-16,19,23-24H,3-11,14,17-18H2,1-2H3/t19-/m1/s1. The van der Waals surface area contributed by atoms with E-state index >= 15 is 0 Å². The molecule has 4 heteroatoms.